The first-order valence-electron chi connectivity index (χ1n) is 15.0. The smallest absolute Gasteiger partial charge is 0.463 e. The molecule has 216 valence electrons. The molecule has 0 saturated carbocycles. The lowest BCUT2D eigenvalue weighted by molar-refractivity contribution is -0.137. The Balaban J connectivity index is 1.67. The molecule has 0 aliphatic carbocycles. The van der Waals surface area contributed by atoms with Crippen LogP contribution in [0.4, 0.5) is 0 Å². The summed E-state index contributed by atoms with van der Waals surface area (Å²) in [5.74, 6) is -0.302. The maximum absolute atomic E-state index is 12.1. The highest BCUT2D eigenvalue weighted by molar-refractivity contribution is 6.60. The first kappa shape index (κ1) is 33.0. The van der Waals surface area contributed by atoms with E-state index in [1.54, 1.807) is 0 Å². The maximum atomic E-state index is 12.1. The highest BCUT2D eigenvalue weighted by Crippen LogP contribution is 2.22. The van der Waals surface area contributed by atoms with E-state index < -0.39 is 8.80 Å². The summed E-state index contributed by atoms with van der Waals surface area (Å²) in [7, 11) is -2.55. The van der Waals surface area contributed by atoms with Crippen LogP contribution in [0.2, 0.25) is 6.04 Å². The molecule has 0 aliphatic rings. The van der Waals surface area contributed by atoms with Crippen molar-refractivity contribution in [3.05, 3.63) is 65.7 Å². The minimum Gasteiger partial charge on any atom is -0.463 e. The normalized spacial score (nSPS) is 11.8. The molecule has 2 aromatic carbocycles. The number of benzene rings is 2. The summed E-state index contributed by atoms with van der Waals surface area (Å²) in [6, 6.07) is 18.0. The highest BCUT2D eigenvalue weighted by atomic mass is 28.4. The van der Waals surface area contributed by atoms with Gasteiger partial charge in [-0.1, -0.05) is 87.6 Å². The summed E-state index contributed by atoms with van der Waals surface area (Å²) in [6.07, 6.45) is 13.5. The number of ether oxygens (including phenoxy) is 1. The standard InChI is InChI=1S/C33H50O5Si/c1-5-9-10-13-16-29-17-22-31(23-18-29)32-24-19-30(20-25-32)21-26-33(34)35-27-14-11-12-15-28-39(36-6-2,37-7-3)38-8-4/h17-26H,5-16,27-28H2,1-4H3/b26-21+. The van der Waals surface area contributed by atoms with Crippen molar-refractivity contribution in [3.8, 4) is 11.1 Å². The molecule has 6 heteroatoms. The second-order valence-electron chi connectivity index (χ2n) is 9.78. The minimum absolute atomic E-state index is 0.302. The van der Waals surface area contributed by atoms with Crippen molar-refractivity contribution in [2.45, 2.75) is 91.5 Å². The number of aryl methyl sites for hydroxylation is 1. The van der Waals surface area contributed by atoms with E-state index in [1.165, 1.54) is 48.4 Å². The van der Waals surface area contributed by atoms with Crippen molar-refractivity contribution in [2.24, 2.45) is 0 Å². The van der Waals surface area contributed by atoms with Crippen molar-refractivity contribution < 1.29 is 22.8 Å². The van der Waals surface area contributed by atoms with Crippen LogP contribution in [-0.2, 0) is 29.2 Å². The largest absolute Gasteiger partial charge is 0.500 e. The van der Waals surface area contributed by atoms with Crippen LogP contribution < -0.4 is 0 Å². The minimum atomic E-state index is -2.55. The zero-order chi connectivity index (χ0) is 28.2. The Morgan fingerprint density at radius 3 is 1.85 bits per heavy atom. The molecule has 0 bridgehead atoms. The van der Waals surface area contributed by atoms with Gasteiger partial charge >= 0.3 is 14.8 Å². The molecular weight excluding hydrogens is 504 g/mol. The van der Waals surface area contributed by atoms with Crippen molar-refractivity contribution in [2.75, 3.05) is 26.4 Å². The zero-order valence-electron chi connectivity index (χ0n) is 24.7. The van der Waals surface area contributed by atoms with Crippen LogP contribution in [0.25, 0.3) is 17.2 Å². The lowest BCUT2D eigenvalue weighted by Gasteiger charge is -2.28. The summed E-state index contributed by atoms with van der Waals surface area (Å²) in [6.45, 7) is 10.4. The van der Waals surface area contributed by atoms with Gasteiger partial charge in [-0.15, -0.1) is 0 Å². The fourth-order valence-corrected chi connectivity index (χ4v) is 7.28. The van der Waals surface area contributed by atoms with Crippen LogP contribution in [0.3, 0.4) is 0 Å². The van der Waals surface area contributed by atoms with Gasteiger partial charge in [0.25, 0.3) is 0 Å². The van der Waals surface area contributed by atoms with E-state index in [1.807, 2.05) is 39.0 Å². The van der Waals surface area contributed by atoms with Gasteiger partial charge in [0, 0.05) is 31.9 Å². The van der Waals surface area contributed by atoms with E-state index in [0.29, 0.717) is 26.4 Å². The van der Waals surface area contributed by atoms with Crippen molar-refractivity contribution >= 4 is 20.8 Å². The molecule has 0 N–H and O–H groups in total. The predicted octanol–water partition coefficient (Wildman–Crippen LogP) is 8.64. The monoisotopic (exact) mass is 554 g/mol. The van der Waals surface area contributed by atoms with Crippen LogP contribution in [0.5, 0.6) is 0 Å². The third-order valence-corrected chi connectivity index (χ3v) is 9.79. The van der Waals surface area contributed by atoms with Crippen LogP contribution in [0.15, 0.2) is 54.6 Å². The Bertz CT molecular complexity index is 923. The van der Waals surface area contributed by atoms with Gasteiger partial charge in [0.2, 0.25) is 0 Å². The Morgan fingerprint density at radius 1 is 0.692 bits per heavy atom. The first-order chi connectivity index (χ1) is 19.1. The van der Waals surface area contributed by atoms with Crippen molar-refractivity contribution in [1.82, 2.24) is 0 Å². The van der Waals surface area contributed by atoms with E-state index in [-0.39, 0.29) is 5.97 Å². The molecule has 0 aromatic heterocycles. The average molecular weight is 555 g/mol. The van der Waals surface area contributed by atoms with Crippen LogP contribution in [-0.4, -0.2) is 41.2 Å². The molecule has 0 spiro atoms. The number of carbonyl (C=O) groups is 1. The molecule has 0 atom stereocenters. The molecule has 0 saturated heterocycles. The van der Waals surface area contributed by atoms with Gasteiger partial charge in [0.15, 0.2) is 0 Å². The number of esters is 1. The number of hydrogen-bond donors (Lipinski definition) is 0. The lowest BCUT2D eigenvalue weighted by atomic mass is 10.00. The Kier molecular flexibility index (Phi) is 16.7. The number of carbonyl (C=O) groups excluding carboxylic acids is 1. The van der Waals surface area contributed by atoms with Crippen LogP contribution >= 0.6 is 0 Å². The van der Waals surface area contributed by atoms with Gasteiger partial charge in [-0.05, 0) is 74.8 Å². The summed E-state index contributed by atoms with van der Waals surface area (Å²) in [4.78, 5) is 12.1. The fourth-order valence-electron chi connectivity index (χ4n) is 4.59. The summed E-state index contributed by atoms with van der Waals surface area (Å²) in [5.41, 5.74) is 4.77. The molecular formula is C33H50O5Si. The molecule has 39 heavy (non-hydrogen) atoms. The second-order valence-corrected chi connectivity index (χ2v) is 12.5. The van der Waals surface area contributed by atoms with Gasteiger partial charge in [-0.3, -0.25) is 0 Å². The van der Waals surface area contributed by atoms with E-state index in [0.717, 1.165) is 43.7 Å². The summed E-state index contributed by atoms with van der Waals surface area (Å²) < 4.78 is 23.1. The molecule has 0 fully saturated rings. The van der Waals surface area contributed by atoms with Gasteiger partial charge in [0.05, 0.1) is 6.61 Å². The third-order valence-electron chi connectivity index (χ3n) is 6.64. The van der Waals surface area contributed by atoms with E-state index in [9.17, 15) is 4.79 Å². The molecule has 2 aromatic rings. The van der Waals surface area contributed by atoms with Crippen molar-refractivity contribution in [3.63, 3.8) is 0 Å². The van der Waals surface area contributed by atoms with Gasteiger partial charge in [0.1, 0.15) is 0 Å². The molecule has 5 nitrogen and oxygen atoms in total. The van der Waals surface area contributed by atoms with Gasteiger partial charge in [-0.25, -0.2) is 4.79 Å². The Labute approximate surface area is 238 Å². The first-order valence-corrected chi connectivity index (χ1v) is 16.9. The maximum Gasteiger partial charge on any atom is 0.500 e. The molecule has 2 rings (SSSR count). The third kappa shape index (κ3) is 13.1. The van der Waals surface area contributed by atoms with E-state index >= 15 is 0 Å². The second kappa shape index (κ2) is 19.7. The summed E-state index contributed by atoms with van der Waals surface area (Å²) in [5, 5.41) is 0. The number of rotatable bonds is 21. The quantitative estimate of drug-likeness (QED) is 0.0669. The van der Waals surface area contributed by atoms with Crippen molar-refractivity contribution in [1.29, 1.82) is 0 Å². The van der Waals surface area contributed by atoms with Crippen LogP contribution in [0.1, 0.15) is 90.2 Å². The molecule has 0 radical (unpaired) electrons. The van der Waals surface area contributed by atoms with Crippen LogP contribution in [0, 0.1) is 0 Å². The molecule has 0 aliphatic heterocycles. The van der Waals surface area contributed by atoms with E-state index in [2.05, 4.69) is 43.3 Å². The zero-order valence-corrected chi connectivity index (χ0v) is 25.7. The SMILES string of the molecule is CCCCCCc1ccc(-c2ccc(/C=C/C(=O)OCCCCCC[Si](OCC)(OCC)OCC)cc2)cc1. The average Bonchev–Trinajstić information content (AvgIpc) is 2.95. The lowest BCUT2D eigenvalue weighted by Crippen LogP contribution is -2.45. The topological polar surface area (TPSA) is 54.0 Å². The molecule has 0 heterocycles. The number of hydrogen-bond acceptors (Lipinski definition) is 5. The highest BCUT2D eigenvalue weighted by Gasteiger charge is 2.39. The van der Waals surface area contributed by atoms with Gasteiger partial charge < -0.3 is 18.0 Å². The molecule has 0 unspecified atom stereocenters. The molecule has 0 amide bonds. The number of unbranched alkanes of at least 4 members (excludes halogenated alkanes) is 6. The fraction of sp³-hybridized carbons (Fsp3) is 0.545. The van der Waals surface area contributed by atoms with Gasteiger partial charge in [-0.2, -0.15) is 0 Å². The Morgan fingerprint density at radius 2 is 1.26 bits per heavy atom. The summed E-state index contributed by atoms with van der Waals surface area (Å²) >= 11 is 0. The Hall–Kier alpha value is -2.25. The predicted molar refractivity (Wildman–Crippen MR) is 164 cm³/mol. The van der Waals surface area contributed by atoms with E-state index in [4.69, 9.17) is 18.0 Å².